The summed E-state index contributed by atoms with van der Waals surface area (Å²) in [6.45, 7) is 2.60. The molecule has 5 nitrogen and oxygen atoms in total. The zero-order valence-electron chi connectivity index (χ0n) is 9.06. The first-order valence-corrected chi connectivity index (χ1v) is 5.08. The minimum Gasteiger partial charge on any atom is -0.453 e. The number of hydrogen-bond acceptors (Lipinski definition) is 4. The van der Waals surface area contributed by atoms with Gasteiger partial charge in [0, 0.05) is 6.61 Å². The molecule has 1 saturated heterocycles. The number of rotatable bonds is 3. The van der Waals surface area contributed by atoms with E-state index in [2.05, 4.69) is 10.1 Å². The highest BCUT2D eigenvalue weighted by molar-refractivity contribution is 5.73. The monoisotopic (exact) mass is 215 g/mol. The van der Waals surface area contributed by atoms with Gasteiger partial charge in [-0.1, -0.05) is 0 Å². The molecule has 0 saturated carbocycles. The number of alkyl carbamates (subject to hydrolysis) is 1. The van der Waals surface area contributed by atoms with Crippen LogP contribution in [0.15, 0.2) is 0 Å². The normalized spacial score (nSPS) is 27.9. The van der Waals surface area contributed by atoms with Crippen molar-refractivity contribution >= 4 is 12.4 Å². The van der Waals surface area contributed by atoms with E-state index in [1.807, 2.05) is 6.92 Å². The average molecular weight is 215 g/mol. The summed E-state index contributed by atoms with van der Waals surface area (Å²) in [5.74, 6) is 0.144. The fourth-order valence-corrected chi connectivity index (χ4v) is 1.82. The van der Waals surface area contributed by atoms with Crippen molar-refractivity contribution < 1.29 is 19.1 Å². The number of carbonyl (C=O) groups is 2. The summed E-state index contributed by atoms with van der Waals surface area (Å²) in [5.41, 5.74) is 0. The summed E-state index contributed by atoms with van der Waals surface area (Å²) in [6, 6.07) is -0.469. The lowest BCUT2D eigenvalue weighted by atomic mass is 9.90. The topological polar surface area (TPSA) is 64.6 Å². The van der Waals surface area contributed by atoms with Crippen molar-refractivity contribution in [3.8, 4) is 0 Å². The molecule has 3 atom stereocenters. The Hall–Kier alpha value is -1.10. The molecule has 1 aliphatic heterocycles. The molecule has 5 heteroatoms. The van der Waals surface area contributed by atoms with Gasteiger partial charge in [-0.2, -0.15) is 0 Å². The number of hydrogen-bond donors (Lipinski definition) is 1. The Morgan fingerprint density at radius 2 is 2.40 bits per heavy atom. The number of carbonyl (C=O) groups excluding carboxylic acids is 2. The summed E-state index contributed by atoms with van der Waals surface area (Å²) in [5, 5.41) is 2.52. The lowest BCUT2D eigenvalue weighted by Crippen LogP contribution is -2.44. The van der Waals surface area contributed by atoms with Crippen LogP contribution in [-0.4, -0.2) is 38.2 Å². The van der Waals surface area contributed by atoms with Crippen LogP contribution in [0.4, 0.5) is 4.79 Å². The zero-order valence-corrected chi connectivity index (χ0v) is 9.06. The van der Waals surface area contributed by atoms with Gasteiger partial charge < -0.3 is 19.6 Å². The molecule has 0 aromatic heterocycles. The van der Waals surface area contributed by atoms with E-state index >= 15 is 0 Å². The van der Waals surface area contributed by atoms with Crippen LogP contribution in [0.5, 0.6) is 0 Å². The molecular formula is C10H17NO4. The lowest BCUT2D eigenvalue weighted by Gasteiger charge is -2.30. The van der Waals surface area contributed by atoms with Crippen LogP contribution in [0.25, 0.3) is 0 Å². The van der Waals surface area contributed by atoms with Gasteiger partial charge in [0.25, 0.3) is 0 Å². The smallest absolute Gasteiger partial charge is 0.407 e. The summed E-state index contributed by atoms with van der Waals surface area (Å²) in [4.78, 5) is 21.8. The summed E-state index contributed by atoms with van der Waals surface area (Å²) in [7, 11) is 1.28. The number of ether oxygens (including phenoxy) is 2. The van der Waals surface area contributed by atoms with Crippen molar-refractivity contribution in [2.45, 2.75) is 31.9 Å². The molecule has 86 valence electrons. The molecular weight excluding hydrogens is 198 g/mol. The van der Waals surface area contributed by atoms with Gasteiger partial charge in [0.2, 0.25) is 0 Å². The van der Waals surface area contributed by atoms with Crippen LogP contribution in [0.1, 0.15) is 19.8 Å². The van der Waals surface area contributed by atoms with E-state index in [1.54, 1.807) is 0 Å². The molecule has 1 aliphatic rings. The molecule has 1 rings (SSSR count). The van der Waals surface area contributed by atoms with E-state index in [9.17, 15) is 9.59 Å². The summed E-state index contributed by atoms with van der Waals surface area (Å²) in [6.07, 6.45) is 1.92. The predicted molar refractivity (Wildman–Crippen MR) is 53.5 cm³/mol. The highest BCUT2D eigenvalue weighted by Gasteiger charge is 2.28. The maximum absolute atomic E-state index is 11.0. The van der Waals surface area contributed by atoms with Crippen molar-refractivity contribution in [2.75, 3.05) is 13.7 Å². The fourth-order valence-electron chi connectivity index (χ4n) is 1.82. The van der Waals surface area contributed by atoms with E-state index in [0.29, 0.717) is 6.61 Å². The number of aldehydes is 1. The highest BCUT2D eigenvalue weighted by atomic mass is 16.5. The quantitative estimate of drug-likeness (QED) is 0.705. The number of nitrogens with one attached hydrogen (secondary N) is 1. The predicted octanol–water partition coefficient (Wildman–Crippen LogP) is 0.725. The third kappa shape index (κ3) is 3.51. The number of methoxy groups -OCH3 is 1. The lowest BCUT2D eigenvalue weighted by molar-refractivity contribution is -0.112. The Bertz CT molecular complexity index is 231. The molecule has 1 N–H and O–H groups in total. The van der Waals surface area contributed by atoms with Gasteiger partial charge in [-0.15, -0.1) is 0 Å². The van der Waals surface area contributed by atoms with Crippen LogP contribution in [0, 0.1) is 5.92 Å². The first-order valence-electron chi connectivity index (χ1n) is 5.08. The van der Waals surface area contributed by atoms with Gasteiger partial charge in [-0.25, -0.2) is 4.79 Å². The third-order valence-corrected chi connectivity index (χ3v) is 2.65. The van der Waals surface area contributed by atoms with Crippen LogP contribution in [-0.2, 0) is 14.3 Å². The van der Waals surface area contributed by atoms with E-state index in [0.717, 1.165) is 19.1 Å². The van der Waals surface area contributed by atoms with Crippen molar-refractivity contribution in [3.63, 3.8) is 0 Å². The van der Waals surface area contributed by atoms with Crippen molar-refractivity contribution in [1.82, 2.24) is 5.32 Å². The standard InChI is InChI=1S/C10H17NO4/c1-7-5-8(3-4-15-7)9(6-12)11-10(13)14-2/h6-9H,3-5H2,1-2H3,(H,11,13). The molecule has 1 heterocycles. The SMILES string of the molecule is COC(=O)NC(C=O)C1CCOC(C)C1. The Balaban J connectivity index is 2.49. The Kier molecular flexibility index (Phi) is 4.55. The largest absolute Gasteiger partial charge is 0.453 e. The second kappa shape index (κ2) is 5.70. The van der Waals surface area contributed by atoms with Crippen LogP contribution in [0.2, 0.25) is 0 Å². The molecule has 15 heavy (non-hydrogen) atoms. The van der Waals surface area contributed by atoms with Crippen molar-refractivity contribution in [2.24, 2.45) is 5.92 Å². The van der Waals surface area contributed by atoms with Crippen LogP contribution < -0.4 is 5.32 Å². The average Bonchev–Trinajstić information content (AvgIpc) is 2.25. The minimum absolute atomic E-state index is 0.144. The summed E-state index contributed by atoms with van der Waals surface area (Å²) >= 11 is 0. The zero-order chi connectivity index (χ0) is 11.3. The second-order valence-corrected chi connectivity index (χ2v) is 3.76. The second-order valence-electron chi connectivity index (χ2n) is 3.76. The molecule has 0 spiro atoms. The van der Waals surface area contributed by atoms with Gasteiger partial charge in [0.1, 0.15) is 6.29 Å². The van der Waals surface area contributed by atoms with E-state index < -0.39 is 12.1 Å². The first kappa shape index (κ1) is 12.0. The van der Waals surface area contributed by atoms with Crippen LogP contribution >= 0.6 is 0 Å². The molecule has 0 aromatic rings. The molecule has 0 aliphatic carbocycles. The van der Waals surface area contributed by atoms with Gasteiger partial charge in [-0.3, -0.25) is 0 Å². The van der Waals surface area contributed by atoms with Gasteiger partial charge >= 0.3 is 6.09 Å². The first-order chi connectivity index (χ1) is 7.17. The van der Waals surface area contributed by atoms with E-state index in [-0.39, 0.29) is 12.0 Å². The molecule has 0 bridgehead atoms. The maximum Gasteiger partial charge on any atom is 0.407 e. The maximum atomic E-state index is 11.0. The minimum atomic E-state index is -0.564. The molecule has 1 amide bonds. The Morgan fingerprint density at radius 1 is 1.67 bits per heavy atom. The molecule has 0 aromatic carbocycles. The van der Waals surface area contributed by atoms with Crippen molar-refractivity contribution in [1.29, 1.82) is 0 Å². The van der Waals surface area contributed by atoms with Crippen LogP contribution in [0.3, 0.4) is 0 Å². The third-order valence-electron chi connectivity index (χ3n) is 2.65. The van der Waals surface area contributed by atoms with E-state index in [1.165, 1.54) is 7.11 Å². The highest BCUT2D eigenvalue weighted by Crippen LogP contribution is 2.22. The van der Waals surface area contributed by atoms with Gasteiger partial charge in [0.05, 0.1) is 19.3 Å². The van der Waals surface area contributed by atoms with E-state index in [4.69, 9.17) is 4.74 Å². The summed E-state index contributed by atoms with van der Waals surface area (Å²) < 4.78 is 9.83. The van der Waals surface area contributed by atoms with Gasteiger partial charge in [-0.05, 0) is 25.7 Å². The van der Waals surface area contributed by atoms with Crippen molar-refractivity contribution in [3.05, 3.63) is 0 Å². The van der Waals surface area contributed by atoms with Gasteiger partial charge in [0.15, 0.2) is 0 Å². The molecule has 3 unspecified atom stereocenters. The molecule has 1 fully saturated rings. The number of amides is 1. The fraction of sp³-hybridized carbons (Fsp3) is 0.800. The Morgan fingerprint density at radius 3 is 2.93 bits per heavy atom. The Labute approximate surface area is 89.1 Å². The molecule has 0 radical (unpaired) electrons.